The molecule has 0 saturated carbocycles. The number of anilines is 1. The maximum absolute atomic E-state index is 5.76. The minimum Gasteiger partial charge on any atom is -0.459 e. The summed E-state index contributed by atoms with van der Waals surface area (Å²) in [4.78, 5) is 8.09. The summed E-state index contributed by atoms with van der Waals surface area (Å²) in [6.07, 6.45) is 1.57. The topological polar surface area (TPSA) is 51.0 Å². The number of aromatic nitrogens is 2. The third-order valence-electron chi connectivity index (χ3n) is 1.70. The van der Waals surface area contributed by atoms with Crippen LogP contribution in [-0.2, 0) is 0 Å². The number of nitrogens with one attached hydrogen (secondary N) is 1. The Morgan fingerprint density at radius 1 is 1.43 bits per heavy atom. The van der Waals surface area contributed by atoms with Crippen molar-refractivity contribution < 1.29 is 4.42 Å². The van der Waals surface area contributed by atoms with E-state index in [0.717, 1.165) is 0 Å². The van der Waals surface area contributed by atoms with Crippen LogP contribution in [0.5, 0.6) is 0 Å². The first-order valence-electron chi connectivity index (χ1n) is 4.34. The predicted molar refractivity (Wildman–Crippen MR) is 55.6 cm³/mol. The lowest BCUT2D eigenvalue weighted by Gasteiger charge is -2.08. The van der Waals surface area contributed by atoms with E-state index in [-0.39, 0.29) is 11.3 Å². The molecule has 0 saturated heterocycles. The van der Waals surface area contributed by atoms with E-state index in [4.69, 9.17) is 16.0 Å². The molecular weight excluding hydrogens is 202 g/mol. The molecule has 14 heavy (non-hydrogen) atoms. The van der Waals surface area contributed by atoms with Crippen LogP contribution < -0.4 is 5.32 Å². The molecule has 5 heteroatoms. The summed E-state index contributed by atoms with van der Waals surface area (Å²) in [7, 11) is 0. The normalized spacial score (nSPS) is 11.1. The van der Waals surface area contributed by atoms with Crippen molar-refractivity contribution in [1.29, 1.82) is 0 Å². The van der Waals surface area contributed by atoms with Crippen LogP contribution in [0.4, 0.5) is 5.82 Å². The molecule has 0 spiro atoms. The van der Waals surface area contributed by atoms with Crippen molar-refractivity contribution in [2.24, 2.45) is 0 Å². The van der Waals surface area contributed by atoms with Gasteiger partial charge in [0, 0.05) is 12.1 Å². The molecule has 0 aromatic carbocycles. The van der Waals surface area contributed by atoms with Gasteiger partial charge in [-0.2, -0.15) is 4.98 Å². The number of nitrogens with zero attached hydrogens (tertiary/aromatic N) is 2. The fraction of sp³-hybridized carbons (Fsp3) is 0.333. The molecule has 2 heterocycles. The minimum atomic E-state index is 0.224. The second-order valence-electron chi connectivity index (χ2n) is 3.28. The molecule has 0 aliphatic rings. The van der Waals surface area contributed by atoms with Crippen LogP contribution in [-0.4, -0.2) is 16.0 Å². The number of furan rings is 1. The van der Waals surface area contributed by atoms with Gasteiger partial charge in [-0.3, -0.25) is 0 Å². The van der Waals surface area contributed by atoms with Gasteiger partial charge >= 0.3 is 0 Å². The summed E-state index contributed by atoms with van der Waals surface area (Å²) in [5.74, 6) is 0.639. The summed E-state index contributed by atoms with van der Waals surface area (Å²) >= 11 is 5.76. The average molecular weight is 212 g/mol. The number of rotatable bonds is 2. The van der Waals surface area contributed by atoms with Crippen LogP contribution in [0.1, 0.15) is 13.8 Å². The monoisotopic (exact) mass is 211 g/mol. The van der Waals surface area contributed by atoms with Gasteiger partial charge in [0.25, 0.3) is 0 Å². The molecule has 2 aromatic heterocycles. The van der Waals surface area contributed by atoms with Crippen LogP contribution in [0.2, 0.25) is 5.28 Å². The number of halogens is 1. The van der Waals surface area contributed by atoms with Gasteiger partial charge in [0.05, 0.1) is 6.26 Å². The Labute approximate surface area is 86.3 Å². The summed E-state index contributed by atoms with van der Waals surface area (Å²) in [6.45, 7) is 4.04. The van der Waals surface area contributed by atoms with E-state index in [0.29, 0.717) is 16.9 Å². The molecule has 2 rings (SSSR count). The number of fused-ring (bicyclic) bond motifs is 1. The van der Waals surface area contributed by atoms with Gasteiger partial charge in [-0.05, 0) is 25.4 Å². The molecule has 2 aromatic rings. The van der Waals surface area contributed by atoms with Crippen molar-refractivity contribution >= 4 is 28.5 Å². The zero-order valence-electron chi connectivity index (χ0n) is 7.91. The standard InChI is InChI=1S/C9H10ClN3O/c1-5(2)11-8-7-6(3-4-14-7)12-9(10)13-8/h3-5H,1-2H3,(H,11,12,13). The molecule has 0 fully saturated rings. The third-order valence-corrected chi connectivity index (χ3v) is 1.87. The van der Waals surface area contributed by atoms with E-state index in [9.17, 15) is 0 Å². The lowest BCUT2D eigenvalue weighted by atomic mass is 10.3. The number of hydrogen-bond acceptors (Lipinski definition) is 4. The first kappa shape index (κ1) is 9.27. The molecule has 0 unspecified atom stereocenters. The van der Waals surface area contributed by atoms with Crippen molar-refractivity contribution in [1.82, 2.24) is 9.97 Å². The van der Waals surface area contributed by atoms with Crippen LogP contribution in [0.15, 0.2) is 16.7 Å². The smallest absolute Gasteiger partial charge is 0.225 e. The largest absolute Gasteiger partial charge is 0.459 e. The summed E-state index contributed by atoms with van der Waals surface area (Å²) < 4.78 is 5.26. The van der Waals surface area contributed by atoms with Crippen molar-refractivity contribution in [3.8, 4) is 0 Å². The molecular formula is C9H10ClN3O. The Kier molecular flexibility index (Phi) is 2.29. The number of hydrogen-bond donors (Lipinski definition) is 1. The molecule has 74 valence electrons. The lowest BCUT2D eigenvalue weighted by Crippen LogP contribution is -2.11. The molecule has 0 aliphatic heterocycles. The van der Waals surface area contributed by atoms with E-state index in [1.54, 1.807) is 12.3 Å². The Morgan fingerprint density at radius 2 is 2.21 bits per heavy atom. The van der Waals surface area contributed by atoms with Gasteiger partial charge in [-0.15, -0.1) is 0 Å². The van der Waals surface area contributed by atoms with Crippen LogP contribution >= 0.6 is 11.6 Å². The zero-order valence-corrected chi connectivity index (χ0v) is 8.67. The van der Waals surface area contributed by atoms with E-state index < -0.39 is 0 Å². The van der Waals surface area contributed by atoms with Gasteiger partial charge in [-0.25, -0.2) is 4.98 Å². The zero-order chi connectivity index (χ0) is 10.1. The van der Waals surface area contributed by atoms with Crippen LogP contribution in [0.3, 0.4) is 0 Å². The predicted octanol–water partition coefficient (Wildman–Crippen LogP) is 2.70. The summed E-state index contributed by atoms with van der Waals surface area (Å²) in [6, 6.07) is 2.03. The summed E-state index contributed by atoms with van der Waals surface area (Å²) in [5, 5.41) is 3.37. The molecule has 0 bridgehead atoms. The third kappa shape index (κ3) is 1.65. The van der Waals surface area contributed by atoms with E-state index in [2.05, 4.69) is 15.3 Å². The quantitative estimate of drug-likeness (QED) is 0.776. The Bertz CT molecular complexity index is 452. The van der Waals surface area contributed by atoms with Crippen molar-refractivity contribution in [3.63, 3.8) is 0 Å². The first-order valence-corrected chi connectivity index (χ1v) is 4.72. The fourth-order valence-electron chi connectivity index (χ4n) is 1.21. The highest BCUT2D eigenvalue weighted by Gasteiger charge is 2.09. The van der Waals surface area contributed by atoms with E-state index in [1.165, 1.54) is 0 Å². The van der Waals surface area contributed by atoms with E-state index in [1.807, 2.05) is 13.8 Å². The van der Waals surface area contributed by atoms with E-state index >= 15 is 0 Å². The SMILES string of the molecule is CC(C)Nc1nc(Cl)nc2ccoc12. The Hall–Kier alpha value is -1.29. The minimum absolute atomic E-state index is 0.224. The molecule has 0 amide bonds. The molecule has 0 atom stereocenters. The lowest BCUT2D eigenvalue weighted by molar-refractivity contribution is 0.613. The maximum Gasteiger partial charge on any atom is 0.225 e. The second-order valence-corrected chi connectivity index (χ2v) is 3.61. The highest BCUT2D eigenvalue weighted by atomic mass is 35.5. The van der Waals surface area contributed by atoms with Gasteiger partial charge < -0.3 is 9.73 Å². The molecule has 1 N–H and O–H groups in total. The highest BCUT2D eigenvalue weighted by molar-refractivity contribution is 6.28. The van der Waals surface area contributed by atoms with Crippen LogP contribution in [0.25, 0.3) is 11.1 Å². The maximum atomic E-state index is 5.76. The van der Waals surface area contributed by atoms with Crippen molar-refractivity contribution in [2.75, 3.05) is 5.32 Å². The first-order chi connectivity index (χ1) is 6.66. The van der Waals surface area contributed by atoms with Gasteiger partial charge in [0.1, 0.15) is 5.52 Å². The Balaban J connectivity index is 2.55. The summed E-state index contributed by atoms with van der Waals surface area (Å²) in [5.41, 5.74) is 1.36. The van der Waals surface area contributed by atoms with Gasteiger partial charge in [0.15, 0.2) is 11.4 Å². The second kappa shape index (κ2) is 3.46. The van der Waals surface area contributed by atoms with Gasteiger partial charge in [0.2, 0.25) is 5.28 Å². The average Bonchev–Trinajstić information content (AvgIpc) is 2.50. The van der Waals surface area contributed by atoms with Gasteiger partial charge in [-0.1, -0.05) is 0 Å². The van der Waals surface area contributed by atoms with Crippen molar-refractivity contribution in [3.05, 3.63) is 17.6 Å². The fourth-order valence-corrected chi connectivity index (χ4v) is 1.38. The Morgan fingerprint density at radius 3 is 2.93 bits per heavy atom. The van der Waals surface area contributed by atoms with Crippen molar-refractivity contribution in [2.45, 2.75) is 19.9 Å². The molecule has 0 aliphatic carbocycles. The molecule has 0 radical (unpaired) electrons. The molecule has 4 nitrogen and oxygen atoms in total. The van der Waals surface area contributed by atoms with Crippen LogP contribution in [0, 0.1) is 0 Å². The highest BCUT2D eigenvalue weighted by Crippen LogP contribution is 2.23.